The van der Waals surface area contributed by atoms with Crippen molar-refractivity contribution in [2.24, 2.45) is 0 Å². The van der Waals surface area contributed by atoms with Gasteiger partial charge >= 0.3 is 5.97 Å². The predicted octanol–water partition coefficient (Wildman–Crippen LogP) is 7.29. The van der Waals surface area contributed by atoms with E-state index in [0.29, 0.717) is 6.61 Å². The molecule has 0 fully saturated rings. The number of aromatic nitrogens is 2. The van der Waals surface area contributed by atoms with Gasteiger partial charge in [0.15, 0.2) is 0 Å². The molecule has 0 radical (unpaired) electrons. The molecule has 2 aromatic heterocycles. The average molecular weight is 507 g/mol. The van der Waals surface area contributed by atoms with Gasteiger partial charge in [-0.25, -0.2) is 4.98 Å². The molecule has 6 heteroatoms. The average Bonchev–Trinajstić information content (AvgIpc) is 2.83. The fraction of sp³-hybridized carbons (Fsp3) is 0.452. The van der Waals surface area contributed by atoms with E-state index in [1.807, 2.05) is 52.0 Å². The molecule has 0 bridgehead atoms. The molecule has 0 saturated carbocycles. The molecule has 0 spiro atoms. The lowest BCUT2D eigenvalue weighted by Crippen LogP contribution is -2.21. The predicted molar refractivity (Wildman–Crippen MR) is 149 cm³/mol. The molecule has 0 saturated heterocycles. The smallest absolute Gasteiger partial charge is 0.303 e. The Kier molecular flexibility index (Phi) is 11.6. The Labute approximate surface area is 222 Å². The van der Waals surface area contributed by atoms with Crippen molar-refractivity contribution < 1.29 is 19.0 Å². The summed E-state index contributed by atoms with van der Waals surface area (Å²) in [5.74, 6) is 1.32. The molecule has 0 unspecified atom stereocenters. The molecule has 3 rings (SSSR count). The lowest BCUT2D eigenvalue weighted by molar-refractivity contribution is -0.151. The Morgan fingerprint density at radius 1 is 0.946 bits per heavy atom. The Hall–Kier alpha value is -3.41. The number of carbonyl (C=O) groups is 1. The largest absolute Gasteiger partial charge is 0.497 e. The van der Waals surface area contributed by atoms with E-state index in [2.05, 4.69) is 37.0 Å². The fourth-order valence-corrected chi connectivity index (χ4v) is 3.90. The van der Waals surface area contributed by atoms with Crippen LogP contribution in [0.4, 0.5) is 0 Å². The molecule has 0 aliphatic carbocycles. The normalized spacial score (nSPS) is 10.8. The highest BCUT2D eigenvalue weighted by molar-refractivity contribution is 5.68. The van der Waals surface area contributed by atoms with Gasteiger partial charge in [-0.05, 0) is 75.9 Å². The van der Waals surface area contributed by atoms with E-state index in [1.54, 1.807) is 13.3 Å². The number of benzene rings is 1. The number of nitrogens with zero attached hydrogens (tertiary/aromatic N) is 2. The van der Waals surface area contributed by atoms with Gasteiger partial charge in [-0.3, -0.25) is 9.78 Å². The van der Waals surface area contributed by atoms with Crippen molar-refractivity contribution in [3.05, 3.63) is 71.2 Å². The summed E-state index contributed by atoms with van der Waals surface area (Å²) in [5, 5.41) is 0. The highest BCUT2D eigenvalue weighted by Crippen LogP contribution is 2.31. The van der Waals surface area contributed by atoms with E-state index in [-0.39, 0.29) is 11.6 Å². The van der Waals surface area contributed by atoms with Crippen LogP contribution in [0.25, 0.3) is 11.3 Å². The summed E-state index contributed by atoms with van der Waals surface area (Å²) in [6.07, 6.45) is 6.21. The molecular weight excluding hydrogens is 464 g/mol. The summed E-state index contributed by atoms with van der Waals surface area (Å²) in [7, 11) is 1.65. The van der Waals surface area contributed by atoms with Gasteiger partial charge in [0.25, 0.3) is 0 Å². The first-order valence-corrected chi connectivity index (χ1v) is 13.0. The zero-order chi connectivity index (χ0) is 27.4. The van der Waals surface area contributed by atoms with E-state index in [4.69, 9.17) is 19.2 Å². The van der Waals surface area contributed by atoms with Crippen LogP contribution >= 0.6 is 0 Å². The number of methoxy groups -OCH3 is 1. The minimum Gasteiger partial charge on any atom is -0.497 e. The molecule has 2 heterocycles. The molecule has 0 atom stereocenters. The monoisotopic (exact) mass is 506 g/mol. The van der Waals surface area contributed by atoms with Crippen LogP contribution in [0.5, 0.6) is 11.5 Å². The van der Waals surface area contributed by atoms with Crippen molar-refractivity contribution in [3.63, 3.8) is 0 Å². The number of aryl methyl sites for hydroxylation is 3. The van der Waals surface area contributed by atoms with Gasteiger partial charge in [-0.1, -0.05) is 38.8 Å². The number of carbonyl (C=O) groups excluding carboxylic acids is 1. The van der Waals surface area contributed by atoms with Crippen molar-refractivity contribution in [2.45, 2.75) is 86.4 Å². The van der Waals surface area contributed by atoms with Crippen LogP contribution in [-0.4, -0.2) is 28.6 Å². The van der Waals surface area contributed by atoms with Crippen LogP contribution in [0, 0.1) is 6.92 Å². The quantitative estimate of drug-likeness (QED) is 0.284. The maximum absolute atomic E-state index is 10.2. The summed E-state index contributed by atoms with van der Waals surface area (Å²) in [6.45, 7) is 13.8. The van der Waals surface area contributed by atoms with Gasteiger partial charge in [-0.2, -0.15) is 0 Å². The second kappa shape index (κ2) is 14.4. The lowest BCUT2D eigenvalue weighted by atomic mass is 9.96. The molecule has 3 aromatic rings. The number of pyridine rings is 2. The van der Waals surface area contributed by atoms with Gasteiger partial charge in [-0.15, -0.1) is 0 Å². The van der Waals surface area contributed by atoms with E-state index in [1.165, 1.54) is 18.1 Å². The number of ether oxygens (including phenoxy) is 3. The van der Waals surface area contributed by atoms with Crippen LogP contribution in [0.2, 0.25) is 0 Å². The Morgan fingerprint density at radius 3 is 2.24 bits per heavy atom. The first kappa shape index (κ1) is 29.8. The molecule has 0 amide bonds. The first-order chi connectivity index (χ1) is 17.6. The van der Waals surface area contributed by atoms with E-state index >= 15 is 0 Å². The van der Waals surface area contributed by atoms with E-state index < -0.39 is 0 Å². The first-order valence-electron chi connectivity index (χ1n) is 13.0. The minimum atomic E-state index is -0.328. The third-order valence-electron chi connectivity index (χ3n) is 5.37. The Balaban J connectivity index is 0.000000521. The van der Waals surface area contributed by atoms with Crippen LogP contribution in [0.15, 0.2) is 48.7 Å². The zero-order valence-corrected chi connectivity index (χ0v) is 23.7. The lowest BCUT2D eigenvalue weighted by Gasteiger charge is -2.17. The SMILES string of the molecule is CC(=O)OC(C)(C)C.CCCc1ccc(-c2nc(C)ccc2OCc2cc(OC)ccn2)cc1CCC. The number of esters is 1. The van der Waals surface area contributed by atoms with Gasteiger partial charge < -0.3 is 14.2 Å². The topological polar surface area (TPSA) is 70.5 Å². The molecule has 0 aliphatic rings. The van der Waals surface area contributed by atoms with Gasteiger partial charge in [0.1, 0.15) is 29.4 Å². The van der Waals surface area contributed by atoms with Crippen molar-refractivity contribution in [3.8, 4) is 22.8 Å². The molecule has 6 nitrogen and oxygen atoms in total. The van der Waals surface area contributed by atoms with Crippen LogP contribution in [0.3, 0.4) is 0 Å². The van der Waals surface area contributed by atoms with Gasteiger partial charge in [0, 0.05) is 30.4 Å². The summed E-state index contributed by atoms with van der Waals surface area (Å²) in [6, 6.07) is 14.4. The molecule has 200 valence electrons. The number of rotatable bonds is 9. The highest BCUT2D eigenvalue weighted by Gasteiger charge is 2.13. The Morgan fingerprint density at radius 2 is 1.65 bits per heavy atom. The highest BCUT2D eigenvalue weighted by atomic mass is 16.6. The zero-order valence-electron chi connectivity index (χ0n) is 23.7. The van der Waals surface area contributed by atoms with E-state index in [0.717, 1.165) is 59.8 Å². The summed E-state index contributed by atoms with van der Waals surface area (Å²) >= 11 is 0. The van der Waals surface area contributed by atoms with Crippen LogP contribution in [0.1, 0.15) is 76.9 Å². The van der Waals surface area contributed by atoms with Crippen molar-refractivity contribution >= 4 is 5.97 Å². The van der Waals surface area contributed by atoms with Crippen LogP contribution in [-0.2, 0) is 29.0 Å². The maximum Gasteiger partial charge on any atom is 0.303 e. The number of hydrogen-bond acceptors (Lipinski definition) is 6. The summed E-state index contributed by atoms with van der Waals surface area (Å²) in [4.78, 5) is 19.4. The van der Waals surface area contributed by atoms with Crippen molar-refractivity contribution in [1.82, 2.24) is 9.97 Å². The molecular formula is C31H42N2O4. The third kappa shape index (κ3) is 10.2. The van der Waals surface area contributed by atoms with Crippen LogP contribution < -0.4 is 9.47 Å². The standard InChI is InChI=1S/C25H30N2O2.C6H12O2/c1-5-7-19-10-11-21(15-20(19)8-6-2)25-24(12-9-18(3)27-25)29-17-22-16-23(28-4)13-14-26-22;1-5(7)8-6(2,3)4/h9-16H,5-8,17H2,1-4H3;1-4H3. The van der Waals surface area contributed by atoms with E-state index in [9.17, 15) is 4.79 Å². The number of hydrogen-bond donors (Lipinski definition) is 0. The molecule has 1 aromatic carbocycles. The summed E-state index contributed by atoms with van der Waals surface area (Å²) < 4.78 is 16.2. The second-order valence-electron chi connectivity index (χ2n) is 9.96. The van der Waals surface area contributed by atoms with Gasteiger partial charge in [0.05, 0.1) is 12.8 Å². The maximum atomic E-state index is 10.2. The molecule has 0 N–H and O–H groups in total. The second-order valence-corrected chi connectivity index (χ2v) is 9.96. The Bertz CT molecular complexity index is 1150. The molecule has 37 heavy (non-hydrogen) atoms. The fourth-order valence-electron chi connectivity index (χ4n) is 3.90. The van der Waals surface area contributed by atoms with Gasteiger partial charge in [0.2, 0.25) is 0 Å². The summed E-state index contributed by atoms with van der Waals surface area (Å²) in [5.41, 5.74) is 6.30. The van der Waals surface area contributed by atoms with Crippen molar-refractivity contribution in [2.75, 3.05) is 7.11 Å². The third-order valence-corrected chi connectivity index (χ3v) is 5.37. The van der Waals surface area contributed by atoms with Crippen molar-refractivity contribution in [1.29, 1.82) is 0 Å². The minimum absolute atomic E-state index is 0.225. The molecule has 0 aliphatic heterocycles.